The van der Waals surface area contributed by atoms with Gasteiger partial charge in [-0.15, -0.1) is 0 Å². The number of carbonyl (C=O) groups is 1. The van der Waals surface area contributed by atoms with Crippen molar-refractivity contribution in [2.24, 2.45) is 0 Å². The predicted octanol–water partition coefficient (Wildman–Crippen LogP) is 4.83. The molecular formula is C24H20BrFO6S2. The lowest BCUT2D eigenvalue weighted by Gasteiger charge is -2.34. The topological polar surface area (TPSA) is 94.6 Å². The highest BCUT2D eigenvalue weighted by Gasteiger charge is 2.64. The van der Waals surface area contributed by atoms with Gasteiger partial charge in [0.05, 0.1) is 22.8 Å². The summed E-state index contributed by atoms with van der Waals surface area (Å²) in [5.74, 6) is -3.31. The van der Waals surface area contributed by atoms with Crippen LogP contribution in [0.3, 0.4) is 0 Å². The lowest BCUT2D eigenvalue weighted by molar-refractivity contribution is -0.136. The highest BCUT2D eigenvalue weighted by Crippen LogP contribution is 2.50. The monoisotopic (exact) mass is 566 g/mol. The molecule has 10 heteroatoms. The zero-order valence-electron chi connectivity index (χ0n) is 17.9. The van der Waals surface area contributed by atoms with Gasteiger partial charge in [0, 0.05) is 10.0 Å². The van der Waals surface area contributed by atoms with Crippen molar-refractivity contribution in [3.05, 3.63) is 107 Å². The normalized spacial score (nSPS) is 13.1. The first kappa shape index (κ1) is 25.8. The van der Waals surface area contributed by atoms with E-state index in [0.29, 0.717) is 4.47 Å². The van der Waals surface area contributed by atoms with E-state index in [1.54, 1.807) is 6.07 Å². The summed E-state index contributed by atoms with van der Waals surface area (Å²) in [6, 6.07) is 18.4. The maximum absolute atomic E-state index is 17.5. The Labute approximate surface area is 206 Å². The minimum atomic E-state index is -5.29. The molecular weight excluding hydrogens is 547 g/mol. The highest BCUT2D eigenvalue weighted by atomic mass is 79.9. The van der Waals surface area contributed by atoms with Gasteiger partial charge in [-0.2, -0.15) is 0 Å². The molecule has 0 aromatic heterocycles. The number of halogens is 2. The second kappa shape index (κ2) is 9.81. The van der Waals surface area contributed by atoms with Crippen molar-refractivity contribution in [1.82, 2.24) is 0 Å². The van der Waals surface area contributed by atoms with E-state index in [2.05, 4.69) is 27.2 Å². The summed E-state index contributed by atoms with van der Waals surface area (Å²) in [7, 11) is -9.58. The summed E-state index contributed by atoms with van der Waals surface area (Å²) in [5.41, 5.74) is -0.784. The molecule has 0 amide bonds. The smallest absolute Gasteiger partial charge is 0.333 e. The lowest BCUT2D eigenvalue weighted by atomic mass is 9.92. The van der Waals surface area contributed by atoms with Crippen molar-refractivity contribution in [2.75, 3.05) is 7.11 Å². The van der Waals surface area contributed by atoms with Crippen LogP contribution in [0.4, 0.5) is 4.39 Å². The van der Waals surface area contributed by atoms with Gasteiger partial charge in [0.25, 0.3) is 0 Å². The molecule has 178 valence electrons. The number of benzene rings is 3. The van der Waals surface area contributed by atoms with Crippen LogP contribution in [0, 0.1) is 0 Å². The van der Waals surface area contributed by atoms with Gasteiger partial charge >= 0.3 is 10.3 Å². The molecule has 0 aliphatic heterocycles. The molecule has 0 N–H and O–H groups in total. The molecule has 0 aliphatic rings. The molecule has 0 saturated carbocycles. The molecule has 6 nitrogen and oxygen atoms in total. The molecule has 0 heterocycles. The first-order valence-corrected chi connectivity index (χ1v) is 13.5. The Kier molecular flexibility index (Phi) is 7.44. The number of hydrogen-bond acceptors (Lipinski definition) is 6. The summed E-state index contributed by atoms with van der Waals surface area (Å²) in [6.07, 6.45) is 0. The number of carbonyl (C=O) groups excluding carboxylic acids is 1. The van der Waals surface area contributed by atoms with Crippen LogP contribution >= 0.6 is 15.9 Å². The number of esters is 1. The van der Waals surface area contributed by atoms with Gasteiger partial charge < -0.3 is 4.74 Å². The van der Waals surface area contributed by atoms with Crippen LogP contribution in [0.2, 0.25) is 0 Å². The summed E-state index contributed by atoms with van der Waals surface area (Å²) in [5, 5.41) is 0. The Balaban J connectivity index is 2.48. The fourth-order valence-corrected chi connectivity index (χ4v) is 8.52. The number of rotatable bonds is 8. The van der Waals surface area contributed by atoms with Crippen LogP contribution in [-0.2, 0) is 29.2 Å². The van der Waals surface area contributed by atoms with E-state index in [1.807, 2.05) is 0 Å². The third-order valence-electron chi connectivity index (χ3n) is 5.16. The van der Waals surface area contributed by atoms with Crippen molar-refractivity contribution in [3.8, 4) is 0 Å². The average Bonchev–Trinajstić information content (AvgIpc) is 2.84. The van der Waals surface area contributed by atoms with Crippen LogP contribution < -0.4 is 0 Å². The molecule has 0 spiro atoms. The van der Waals surface area contributed by atoms with Crippen molar-refractivity contribution in [1.29, 1.82) is 0 Å². The van der Waals surface area contributed by atoms with Gasteiger partial charge in [-0.3, -0.25) is 0 Å². The number of methoxy groups -OCH3 is 1. The van der Waals surface area contributed by atoms with Crippen LogP contribution in [0.25, 0.3) is 0 Å². The maximum atomic E-state index is 17.5. The third-order valence-corrected chi connectivity index (χ3v) is 10.7. The van der Waals surface area contributed by atoms with E-state index in [9.17, 15) is 21.6 Å². The van der Waals surface area contributed by atoms with Gasteiger partial charge in [0.2, 0.25) is 19.7 Å². The Bertz CT molecular complexity index is 1350. The van der Waals surface area contributed by atoms with Crippen molar-refractivity contribution < 1.29 is 30.8 Å². The van der Waals surface area contributed by atoms with E-state index < -0.39 is 51.3 Å². The Morgan fingerprint density at radius 2 is 1.35 bits per heavy atom. The van der Waals surface area contributed by atoms with Crippen molar-refractivity contribution >= 4 is 41.6 Å². The fourth-order valence-electron chi connectivity index (χ4n) is 3.52. The maximum Gasteiger partial charge on any atom is 0.333 e. The fraction of sp³-hybridized carbons (Fsp3) is 0.125. The molecule has 34 heavy (non-hydrogen) atoms. The highest BCUT2D eigenvalue weighted by molar-refractivity contribution is 9.10. The van der Waals surface area contributed by atoms with Gasteiger partial charge in [-0.05, 0) is 42.0 Å². The van der Waals surface area contributed by atoms with Crippen LogP contribution in [0.1, 0.15) is 11.5 Å². The van der Waals surface area contributed by atoms with Gasteiger partial charge in [0.15, 0.2) is 0 Å². The average molecular weight is 567 g/mol. The molecule has 0 aliphatic carbocycles. The van der Waals surface area contributed by atoms with E-state index in [1.165, 1.54) is 54.6 Å². The largest absolute Gasteiger partial charge is 0.466 e. The summed E-state index contributed by atoms with van der Waals surface area (Å²) in [6.45, 7) is 3.55. The predicted molar refractivity (Wildman–Crippen MR) is 129 cm³/mol. The van der Waals surface area contributed by atoms with E-state index in [0.717, 1.165) is 31.4 Å². The van der Waals surface area contributed by atoms with Gasteiger partial charge in [-0.1, -0.05) is 71.0 Å². The van der Waals surface area contributed by atoms with Crippen LogP contribution in [-0.4, -0.2) is 34.2 Å². The third kappa shape index (κ3) is 4.33. The van der Waals surface area contributed by atoms with Gasteiger partial charge in [-0.25, -0.2) is 26.0 Å². The SMILES string of the molecule is C=C(C(=O)OC)[C@H](c1cccc(Br)c1)C(F)(S(=O)(=O)c1ccccc1)S(=O)(=O)c1ccccc1. The molecule has 0 radical (unpaired) electrons. The van der Waals surface area contributed by atoms with E-state index in [-0.39, 0.29) is 5.56 Å². The summed E-state index contributed by atoms with van der Waals surface area (Å²) < 4.78 is 73.8. The molecule has 1 atom stereocenters. The van der Waals surface area contributed by atoms with Crippen LogP contribution in [0.5, 0.6) is 0 Å². The number of alkyl halides is 1. The molecule has 0 unspecified atom stereocenters. The lowest BCUT2D eigenvalue weighted by Crippen LogP contribution is -2.49. The molecule has 3 aromatic carbocycles. The Morgan fingerprint density at radius 1 is 0.882 bits per heavy atom. The number of hydrogen-bond donors (Lipinski definition) is 0. The minimum Gasteiger partial charge on any atom is -0.466 e. The van der Waals surface area contributed by atoms with E-state index in [4.69, 9.17) is 0 Å². The van der Waals surface area contributed by atoms with Crippen molar-refractivity contribution in [3.63, 3.8) is 0 Å². The molecule has 0 fully saturated rings. The van der Waals surface area contributed by atoms with E-state index >= 15 is 4.39 Å². The number of ether oxygens (including phenoxy) is 1. The molecule has 0 saturated heterocycles. The summed E-state index contributed by atoms with van der Waals surface area (Å²) >= 11 is 3.22. The Morgan fingerprint density at radius 3 is 1.76 bits per heavy atom. The zero-order valence-corrected chi connectivity index (χ0v) is 21.1. The zero-order chi connectivity index (χ0) is 25.1. The molecule has 0 bridgehead atoms. The van der Waals surface area contributed by atoms with Gasteiger partial charge in [0.1, 0.15) is 0 Å². The molecule has 3 rings (SSSR count). The molecule has 3 aromatic rings. The number of sulfone groups is 2. The second-order valence-corrected chi connectivity index (χ2v) is 12.5. The quantitative estimate of drug-likeness (QED) is 0.286. The minimum absolute atomic E-state index is 0.105. The second-order valence-electron chi connectivity index (χ2n) is 7.22. The van der Waals surface area contributed by atoms with Crippen LogP contribution in [0.15, 0.2) is 111 Å². The first-order valence-electron chi connectivity index (χ1n) is 9.79. The first-order chi connectivity index (χ1) is 16.0. The standard InChI is InChI=1S/C24H20BrFO6S2/c1-17(23(27)32-2)22(18-10-9-11-19(25)16-18)24(26,33(28,29)20-12-5-3-6-13-20)34(30,31)21-14-7-4-8-15-21/h3-16,22H,1H2,2H3/t22-/m1/s1. The summed E-state index contributed by atoms with van der Waals surface area (Å²) in [4.78, 5) is 11.3. The Hall–Kier alpha value is -2.82. The van der Waals surface area contributed by atoms with Crippen molar-refractivity contribution in [2.45, 2.75) is 20.0 Å².